The van der Waals surface area contributed by atoms with Gasteiger partial charge in [0, 0.05) is 11.7 Å². The summed E-state index contributed by atoms with van der Waals surface area (Å²) in [5.41, 5.74) is 1.69. The Bertz CT molecular complexity index is 315. The van der Waals surface area contributed by atoms with E-state index in [-0.39, 0.29) is 0 Å². The standard InChI is InChI=1S/C8H8ClNO2S/c9-6-7-10(13(11)12)8-4-2-1-3-5-8/h1-7H,(H,11,12)/p-1. The molecule has 0 N–H and O–H groups in total. The van der Waals surface area contributed by atoms with Crippen molar-refractivity contribution in [3.05, 3.63) is 42.1 Å². The third-order valence-corrected chi connectivity index (χ3v) is 2.13. The van der Waals surface area contributed by atoms with Crippen LogP contribution in [0.3, 0.4) is 0 Å². The summed E-state index contributed by atoms with van der Waals surface area (Å²) in [6.45, 7) is 0. The second-order valence-corrected chi connectivity index (χ2v) is 3.23. The second-order valence-electron chi connectivity index (χ2n) is 2.15. The highest BCUT2D eigenvalue weighted by molar-refractivity contribution is 7.80. The van der Waals surface area contributed by atoms with Crippen LogP contribution in [0.15, 0.2) is 42.1 Å². The molecule has 3 nitrogen and oxygen atoms in total. The summed E-state index contributed by atoms with van der Waals surface area (Å²) in [5.74, 6) is 0. The summed E-state index contributed by atoms with van der Waals surface area (Å²) in [4.78, 5) is 0. The number of benzene rings is 1. The zero-order valence-electron chi connectivity index (χ0n) is 6.59. The van der Waals surface area contributed by atoms with Gasteiger partial charge in [-0.2, -0.15) is 0 Å². The molecule has 0 spiro atoms. The summed E-state index contributed by atoms with van der Waals surface area (Å²) in [7, 11) is 0. The van der Waals surface area contributed by atoms with E-state index in [4.69, 9.17) is 11.6 Å². The molecule has 0 aromatic heterocycles. The summed E-state index contributed by atoms with van der Waals surface area (Å²) < 4.78 is 22.4. The summed E-state index contributed by atoms with van der Waals surface area (Å²) in [5, 5.41) is 0. The van der Waals surface area contributed by atoms with Crippen molar-refractivity contribution in [3.8, 4) is 0 Å². The Labute approximate surface area is 84.0 Å². The van der Waals surface area contributed by atoms with Gasteiger partial charge in [-0.05, 0) is 12.1 Å². The topological polar surface area (TPSA) is 43.4 Å². The smallest absolute Gasteiger partial charge is 0.0531 e. The average Bonchev–Trinajstić information content (AvgIpc) is 2.15. The number of hydrogen-bond donors (Lipinski definition) is 0. The normalized spacial score (nSPS) is 13.1. The zero-order valence-corrected chi connectivity index (χ0v) is 8.16. The number of anilines is 1. The molecule has 0 saturated carbocycles. The van der Waals surface area contributed by atoms with Crippen LogP contribution >= 0.6 is 11.6 Å². The van der Waals surface area contributed by atoms with Crippen molar-refractivity contribution in [2.45, 2.75) is 0 Å². The highest BCUT2D eigenvalue weighted by atomic mass is 35.5. The van der Waals surface area contributed by atoms with Crippen LogP contribution in [0.5, 0.6) is 0 Å². The van der Waals surface area contributed by atoms with E-state index >= 15 is 0 Å². The Kier molecular flexibility index (Phi) is 3.95. The van der Waals surface area contributed by atoms with Crippen LogP contribution in [-0.4, -0.2) is 8.76 Å². The van der Waals surface area contributed by atoms with E-state index < -0.39 is 11.3 Å². The van der Waals surface area contributed by atoms with Crippen LogP contribution in [0.25, 0.3) is 0 Å². The van der Waals surface area contributed by atoms with Crippen molar-refractivity contribution in [2.75, 3.05) is 4.31 Å². The quantitative estimate of drug-likeness (QED) is 0.726. The molecular formula is C8H7ClNO2S-. The van der Waals surface area contributed by atoms with Gasteiger partial charge >= 0.3 is 0 Å². The number of rotatable bonds is 3. The predicted molar refractivity (Wildman–Crippen MR) is 52.8 cm³/mol. The van der Waals surface area contributed by atoms with E-state index in [0.717, 1.165) is 9.84 Å². The van der Waals surface area contributed by atoms with E-state index in [9.17, 15) is 8.76 Å². The lowest BCUT2D eigenvalue weighted by atomic mass is 10.3. The van der Waals surface area contributed by atoms with Crippen molar-refractivity contribution in [3.63, 3.8) is 0 Å². The lowest BCUT2D eigenvalue weighted by Gasteiger charge is -2.21. The largest absolute Gasteiger partial charge is 0.755 e. The van der Waals surface area contributed by atoms with Crippen molar-refractivity contribution in [1.82, 2.24) is 0 Å². The number of hydrogen-bond acceptors (Lipinski definition) is 2. The van der Waals surface area contributed by atoms with E-state index in [1.54, 1.807) is 30.3 Å². The average molecular weight is 217 g/mol. The molecule has 0 bridgehead atoms. The Hall–Kier alpha value is -0.840. The maximum atomic E-state index is 10.7. The SMILES string of the molecule is O=S([O-])N(C=CCl)c1ccccc1. The molecule has 1 atom stereocenters. The van der Waals surface area contributed by atoms with Gasteiger partial charge in [0.05, 0.1) is 17.0 Å². The lowest BCUT2D eigenvalue weighted by Crippen LogP contribution is -2.17. The van der Waals surface area contributed by atoms with Gasteiger partial charge in [-0.15, -0.1) is 0 Å². The Morgan fingerprint density at radius 1 is 1.38 bits per heavy atom. The van der Waals surface area contributed by atoms with E-state index in [1.807, 2.05) is 0 Å². The molecule has 1 unspecified atom stereocenters. The molecule has 0 heterocycles. The van der Waals surface area contributed by atoms with Crippen molar-refractivity contribution in [2.24, 2.45) is 0 Å². The molecule has 0 fully saturated rings. The first-order chi connectivity index (χ1) is 6.25. The van der Waals surface area contributed by atoms with Gasteiger partial charge in [-0.25, -0.2) is 0 Å². The maximum Gasteiger partial charge on any atom is 0.0531 e. The van der Waals surface area contributed by atoms with Crippen LogP contribution < -0.4 is 4.31 Å². The fourth-order valence-electron chi connectivity index (χ4n) is 0.848. The summed E-state index contributed by atoms with van der Waals surface area (Å²) >= 11 is 2.95. The van der Waals surface area contributed by atoms with E-state index in [2.05, 4.69) is 0 Å². The zero-order chi connectivity index (χ0) is 9.68. The first-order valence-electron chi connectivity index (χ1n) is 3.46. The minimum absolute atomic E-state index is 0.549. The molecule has 0 aliphatic rings. The highest BCUT2D eigenvalue weighted by Gasteiger charge is 2.00. The molecule has 1 rings (SSSR count). The molecule has 1 aromatic rings. The molecule has 13 heavy (non-hydrogen) atoms. The molecule has 0 aliphatic carbocycles. The molecular weight excluding hydrogens is 210 g/mol. The van der Waals surface area contributed by atoms with Gasteiger partial charge in [-0.3, -0.25) is 8.51 Å². The van der Waals surface area contributed by atoms with Crippen LogP contribution in [0.1, 0.15) is 0 Å². The van der Waals surface area contributed by atoms with E-state index in [0.29, 0.717) is 5.69 Å². The fraction of sp³-hybridized carbons (Fsp3) is 0. The summed E-state index contributed by atoms with van der Waals surface area (Å²) in [6.07, 6.45) is 1.26. The van der Waals surface area contributed by atoms with Crippen molar-refractivity contribution in [1.29, 1.82) is 0 Å². The third kappa shape index (κ3) is 2.84. The minimum Gasteiger partial charge on any atom is -0.755 e. The summed E-state index contributed by atoms with van der Waals surface area (Å²) in [6, 6.07) is 8.65. The molecule has 70 valence electrons. The highest BCUT2D eigenvalue weighted by Crippen LogP contribution is 2.14. The number of para-hydroxylation sites is 1. The Morgan fingerprint density at radius 3 is 2.46 bits per heavy atom. The van der Waals surface area contributed by atoms with Gasteiger partial charge in [0.15, 0.2) is 0 Å². The van der Waals surface area contributed by atoms with Crippen molar-refractivity contribution < 1.29 is 8.76 Å². The molecule has 0 saturated heterocycles. The second kappa shape index (κ2) is 5.01. The Morgan fingerprint density at radius 2 is 2.00 bits per heavy atom. The van der Waals surface area contributed by atoms with Crippen LogP contribution in [0.2, 0.25) is 0 Å². The van der Waals surface area contributed by atoms with Crippen LogP contribution in [-0.2, 0) is 11.3 Å². The van der Waals surface area contributed by atoms with Gasteiger partial charge in [-0.1, -0.05) is 29.8 Å². The number of nitrogens with zero attached hydrogens (tertiary/aromatic N) is 1. The van der Waals surface area contributed by atoms with Crippen LogP contribution in [0, 0.1) is 0 Å². The lowest BCUT2D eigenvalue weighted by molar-refractivity contribution is 0.537. The maximum absolute atomic E-state index is 10.7. The van der Waals surface area contributed by atoms with Gasteiger partial charge in [0.2, 0.25) is 0 Å². The molecule has 0 amide bonds. The van der Waals surface area contributed by atoms with Crippen LogP contribution in [0.4, 0.5) is 5.69 Å². The van der Waals surface area contributed by atoms with Gasteiger partial charge in [0.25, 0.3) is 0 Å². The molecule has 5 heteroatoms. The van der Waals surface area contributed by atoms with E-state index in [1.165, 1.54) is 6.20 Å². The Balaban J connectivity index is 2.96. The first kappa shape index (κ1) is 10.2. The molecule has 1 aromatic carbocycles. The molecule has 0 radical (unpaired) electrons. The minimum atomic E-state index is -2.34. The monoisotopic (exact) mass is 216 g/mol. The third-order valence-electron chi connectivity index (χ3n) is 1.36. The fourth-order valence-corrected chi connectivity index (χ4v) is 1.48. The van der Waals surface area contributed by atoms with Crippen molar-refractivity contribution >= 4 is 28.6 Å². The molecule has 0 aliphatic heterocycles. The predicted octanol–water partition coefficient (Wildman–Crippen LogP) is 2.00. The number of halogens is 1. The van der Waals surface area contributed by atoms with Gasteiger partial charge in [0.1, 0.15) is 0 Å². The first-order valence-corrected chi connectivity index (χ1v) is 4.93. The van der Waals surface area contributed by atoms with Gasteiger partial charge < -0.3 is 4.55 Å².